The van der Waals surface area contributed by atoms with E-state index < -0.39 is 0 Å². The summed E-state index contributed by atoms with van der Waals surface area (Å²) in [6.07, 6.45) is 2.86. The number of aryl methyl sites for hydroxylation is 1. The number of carbonyl (C=O) groups is 1. The first-order chi connectivity index (χ1) is 14.1. The van der Waals surface area contributed by atoms with Gasteiger partial charge in [-0.25, -0.2) is 5.43 Å². The molecule has 0 heterocycles. The predicted molar refractivity (Wildman–Crippen MR) is 117 cm³/mol. The van der Waals surface area contributed by atoms with Crippen LogP contribution in [0.4, 0.5) is 0 Å². The van der Waals surface area contributed by atoms with Gasteiger partial charge in [0.05, 0.1) is 12.6 Å². The Bertz CT molecular complexity index is 967. The number of rotatable bonds is 8. The van der Waals surface area contributed by atoms with Crippen LogP contribution in [-0.2, 0) is 24.2 Å². The van der Waals surface area contributed by atoms with Gasteiger partial charge in [-0.3, -0.25) is 4.79 Å². The van der Waals surface area contributed by atoms with Crippen molar-refractivity contribution in [2.75, 3.05) is 0 Å². The van der Waals surface area contributed by atoms with Gasteiger partial charge < -0.3 is 4.74 Å². The fourth-order valence-corrected chi connectivity index (χ4v) is 2.88. The van der Waals surface area contributed by atoms with E-state index in [9.17, 15) is 4.79 Å². The van der Waals surface area contributed by atoms with Crippen LogP contribution < -0.4 is 10.2 Å². The van der Waals surface area contributed by atoms with Gasteiger partial charge in [0.25, 0.3) is 0 Å². The van der Waals surface area contributed by atoms with Crippen LogP contribution in [0.2, 0.25) is 5.02 Å². The van der Waals surface area contributed by atoms with Crippen molar-refractivity contribution in [3.63, 3.8) is 0 Å². The minimum Gasteiger partial charge on any atom is -0.488 e. The maximum atomic E-state index is 12.1. The Morgan fingerprint density at radius 1 is 0.966 bits per heavy atom. The number of ether oxygens (including phenoxy) is 1. The molecule has 0 bridgehead atoms. The largest absolute Gasteiger partial charge is 0.488 e. The number of hydrazone groups is 1. The van der Waals surface area contributed by atoms with Gasteiger partial charge in [0.1, 0.15) is 12.4 Å². The van der Waals surface area contributed by atoms with Crippen LogP contribution >= 0.6 is 11.6 Å². The minimum absolute atomic E-state index is 0.162. The smallest absolute Gasteiger partial charge is 0.244 e. The van der Waals surface area contributed by atoms with Crippen LogP contribution in [-0.4, -0.2) is 12.1 Å². The molecule has 0 aliphatic rings. The lowest BCUT2D eigenvalue weighted by atomic mass is 10.1. The van der Waals surface area contributed by atoms with Crippen molar-refractivity contribution in [2.45, 2.75) is 26.4 Å². The molecule has 4 nitrogen and oxygen atoms in total. The highest BCUT2D eigenvalue weighted by Crippen LogP contribution is 2.18. The third-order valence-electron chi connectivity index (χ3n) is 4.42. The van der Waals surface area contributed by atoms with Crippen molar-refractivity contribution in [1.82, 2.24) is 5.43 Å². The molecule has 0 aromatic heterocycles. The van der Waals surface area contributed by atoms with Crippen molar-refractivity contribution < 1.29 is 9.53 Å². The molecule has 1 N–H and O–H groups in total. The number of halogens is 1. The zero-order chi connectivity index (χ0) is 20.5. The summed E-state index contributed by atoms with van der Waals surface area (Å²) in [5.74, 6) is 0.528. The molecule has 5 heteroatoms. The lowest BCUT2D eigenvalue weighted by molar-refractivity contribution is -0.120. The molecule has 0 spiro atoms. The number of hydrogen-bond donors (Lipinski definition) is 1. The Hall–Kier alpha value is -3.11. The summed E-state index contributed by atoms with van der Waals surface area (Å²) in [7, 11) is 0. The Labute approximate surface area is 176 Å². The molecule has 0 fully saturated rings. The second-order valence-electron chi connectivity index (χ2n) is 6.59. The van der Waals surface area contributed by atoms with E-state index in [0.29, 0.717) is 17.4 Å². The zero-order valence-electron chi connectivity index (χ0n) is 16.3. The summed E-state index contributed by atoms with van der Waals surface area (Å²) in [5, 5.41) is 4.77. The highest BCUT2D eigenvalue weighted by Gasteiger charge is 2.04. The number of benzene rings is 3. The summed E-state index contributed by atoms with van der Waals surface area (Å²) in [5.41, 5.74) is 6.59. The van der Waals surface area contributed by atoms with Crippen molar-refractivity contribution >= 4 is 23.7 Å². The second-order valence-corrected chi connectivity index (χ2v) is 7.03. The molecular formula is C24H23ClN2O2. The van der Waals surface area contributed by atoms with E-state index in [1.807, 2.05) is 72.8 Å². The van der Waals surface area contributed by atoms with Gasteiger partial charge >= 0.3 is 0 Å². The van der Waals surface area contributed by atoms with Gasteiger partial charge in [-0.2, -0.15) is 5.10 Å². The Morgan fingerprint density at radius 2 is 1.62 bits per heavy atom. The molecule has 0 aliphatic heterocycles. The summed E-state index contributed by atoms with van der Waals surface area (Å²) in [4.78, 5) is 12.1. The Morgan fingerprint density at radius 3 is 2.34 bits per heavy atom. The summed E-state index contributed by atoms with van der Waals surface area (Å²) in [6.45, 7) is 2.52. The Kier molecular flexibility index (Phi) is 7.42. The molecule has 29 heavy (non-hydrogen) atoms. The van der Waals surface area contributed by atoms with E-state index in [-0.39, 0.29) is 12.3 Å². The van der Waals surface area contributed by atoms with Gasteiger partial charge in [-0.1, -0.05) is 67.1 Å². The first-order valence-corrected chi connectivity index (χ1v) is 9.88. The standard InChI is InChI=1S/C24H23ClN2O2/c1-2-18-7-9-19(10-8-18)15-24(28)27-26-16-21-5-3-4-6-23(21)29-17-20-11-13-22(25)14-12-20/h3-14,16H,2,15,17H2,1H3,(H,27,28)/b26-16+. The van der Waals surface area contributed by atoms with E-state index in [0.717, 1.165) is 23.1 Å². The molecule has 1 amide bonds. The van der Waals surface area contributed by atoms with Crippen molar-refractivity contribution in [1.29, 1.82) is 0 Å². The van der Waals surface area contributed by atoms with Crippen LogP contribution in [0.25, 0.3) is 0 Å². The second kappa shape index (κ2) is 10.4. The van der Waals surface area contributed by atoms with Crippen LogP contribution in [0.1, 0.15) is 29.2 Å². The molecule has 3 rings (SSSR count). The van der Waals surface area contributed by atoms with Crippen molar-refractivity contribution in [3.05, 3.63) is 100 Å². The predicted octanol–water partition coefficient (Wildman–Crippen LogP) is 5.17. The van der Waals surface area contributed by atoms with Gasteiger partial charge in [-0.15, -0.1) is 0 Å². The number of hydrogen-bond acceptors (Lipinski definition) is 3. The topological polar surface area (TPSA) is 50.7 Å². The SMILES string of the molecule is CCc1ccc(CC(=O)N/N=C/c2ccccc2OCc2ccc(Cl)cc2)cc1. The summed E-state index contributed by atoms with van der Waals surface area (Å²) < 4.78 is 5.89. The molecule has 0 radical (unpaired) electrons. The number of para-hydroxylation sites is 1. The molecule has 0 atom stereocenters. The fourth-order valence-electron chi connectivity index (χ4n) is 2.75. The monoisotopic (exact) mass is 406 g/mol. The normalized spacial score (nSPS) is 10.8. The van der Waals surface area contributed by atoms with E-state index >= 15 is 0 Å². The average molecular weight is 407 g/mol. The van der Waals surface area contributed by atoms with Crippen LogP contribution in [0.15, 0.2) is 77.9 Å². The molecule has 0 aliphatic carbocycles. The first-order valence-electron chi connectivity index (χ1n) is 9.50. The summed E-state index contributed by atoms with van der Waals surface area (Å²) >= 11 is 5.91. The molecule has 0 unspecified atom stereocenters. The third-order valence-corrected chi connectivity index (χ3v) is 4.67. The number of amides is 1. The molecule has 0 saturated heterocycles. The van der Waals surface area contributed by atoms with Crippen LogP contribution in [0, 0.1) is 0 Å². The van der Waals surface area contributed by atoms with Gasteiger partial charge in [0.2, 0.25) is 5.91 Å². The first kappa shape index (κ1) is 20.6. The lowest BCUT2D eigenvalue weighted by Crippen LogP contribution is -2.19. The number of nitrogens with zero attached hydrogens (tertiary/aromatic N) is 1. The average Bonchev–Trinajstić information content (AvgIpc) is 2.75. The lowest BCUT2D eigenvalue weighted by Gasteiger charge is -2.09. The third kappa shape index (κ3) is 6.47. The quantitative estimate of drug-likeness (QED) is 0.414. The Balaban J connectivity index is 1.55. The maximum absolute atomic E-state index is 12.1. The van der Waals surface area contributed by atoms with E-state index in [1.54, 1.807) is 6.21 Å². The molecule has 3 aromatic carbocycles. The van der Waals surface area contributed by atoms with Gasteiger partial charge in [0.15, 0.2) is 0 Å². The number of nitrogens with one attached hydrogen (secondary N) is 1. The van der Waals surface area contributed by atoms with E-state index in [4.69, 9.17) is 16.3 Å². The van der Waals surface area contributed by atoms with E-state index in [1.165, 1.54) is 5.56 Å². The van der Waals surface area contributed by atoms with Crippen LogP contribution in [0.5, 0.6) is 5.75 Å². The molecule has 148 valence electrons. The van der Waals surface area contributed by atoms with Crippen molar-refractivity contribution in [3.8, 4) is 5.75 Å². The van der Waals surface area contributed by atoms with Crippen molar-refractivity contribution in [2.24, 2.45) is 5.10 Å². The fraction of sp³-hybridized carbons (Fsp3) is 0.167. The zero-order valence-corrected chi connectivity index (χ0v) is 17.0. The number of carbonyl (C=O) groups excluding carboxylic acids is 1. The van der Waals surface area contributed by atoms with E-state index in [2.05, 4.69) is 17.5 Å². The van der Waals surface area contributed by atoms with Crippen LogP contribution in [0.3, 0.4) is 0 Å². The molecule has 3 aromatic rings. The molecule has 0 saturated carbocycles. The molecular weight excluding hydrogens is 384 g/mol. The minimum atomic E-state index is -0.162. The van der Waals surface area contributed by atoms with Gasteiger partial charge in [0, 0.05) is 10.6 Å². The maximum Gasteiger partial charge on any atom is 0.244 e. The highest BCUT2D eigenvalue weighted by atomic mass is 35.5. The van der Waals surface area contributed by atoms with Gasteiger partial charge in [-0.05, 0) is 47.4 Å². The summed E-state index contributed by atoms with van der Waals surface area (Å²) in [6, 6.07) is 23.1. The highest BCUT2D eigenvalue weighted by molar-refractivity contribution is 6.30.